The molecule has 0 aliphatic carbocycles. The van der Waals surface area contributed by atoms with Crippen LogP contribution < -0.4 is 10.6 Å². The van der Waals surface area contributed by atoms with E-state index in [1.165, 1.54) is 37.2 Å². The number of likely N-dealkylation sites (tertiary alicyclic amines) is 1. The maximum atomic E-state index is 6.07. The molecule has 1 fully saturated rings. The van der Waals surface area contributed by atoms with Gasteiger partial charge in [-0.2, -0.15) is 0 Å². The molecule has 2 N–H and O–H groups in total. The molecule has 0 aromatic heterocycles. The molecule has 1 aliphatic heterocycles. The van der Waals surface area contributed by atoms with Gasteiger partial charge in [0.05, 0.1) is 0 Å². The van der Waals surface area contributed by atoms with Crippen molar-refractivity contribution in [1.82, 2.24) is 4.90 Å². The zero-order valence-corrected chi connectivity index (χ0v) is 11.8. The second-order valence-corrected chi connectivity index (χ2v) is 5.49. The van der Waals surface area contributed by atoms with Gasteiger partial charge in [-0.3, -0.25) is 0 Å². The number of benzene rings is 1. The van der Waals surface area contributed by atoms with Gasteiger partial charge in [-0.15, -0.1) is 0 Å². The summed E-state index contributed by atoms with van der Waals surface area (Å²) < 4.78 is 0. The van der Waals surface area contributed by atoms with Gasteiger partial charge >= 0.3 is 0 Å². The minimum Gasteiger partial charge on any atom is -0.371 e. The summed E-state index contributed by atoms with van der Waals surface area (Å²) in [6, 6.07) is 9.25. The highest BCUT2D eigenvalue weighted by Gasteiger charge is 2.22. The molecular formula is C15H25N3. The van der Waals surface area contributed by atoms with Crippen molar-refractivity contribution in [2.45, 2.75) is 31.8 Å². The highest BCUT2D eigenvalue weighted by atomic mass is 15.2. The third kappa shape index (κ3) is 2.85. The van der Waals surface area contributed by atoms with E-state index in [4.69, 9.17) is 5.73 Å². The molecule has 0 spiro atoms. The summed E-state index contributed by atoms with van der Waals surface area (Å²) >= 11 is 0. The van der Waals surface area contributed by atoms with E-state index in [9.17, 15) is 0 Å². The Morgan fingerprint density at radius 2 is 1.89 bits per heavy atom. The monoisotopic (exact) mass is 247 g/mol. The zero-order chi connectivity index (χ0) is 13.1. The second kappa shape index (κ2) is 5.72. The molecule has 1 aliphatic rings. The first-order chi connectivity index (χ1) is 8.59. The van der Waals surface area contributed by atoms with Crippen molar-refractivity contribution in [3.63, 3.8) is 0 Å². The summed E-state index contributed by atoms with van der Waals surface area (Å²) in [5, 5.41) is 0. The molecule has 0 amide bonds. The molecular weight excluding hydrogens is 222 g/mol. The van der Waals surface area contributed by atoms with Crippen LogP contribution in [0.15, 0.2) is 24.3 Å². The second-order valence-electron chi connectivity index (χ2n) is 5.49. The summed E-state index contributed by atoms with van der Waals surface area (Å²) in [5.74, 6) is 0. The SMILES string of the molecule is C[C@@H](N)c1ccccc1N(C)C1CCN(C)CC1. The highest BCUT2D eigenvalue weighted by molar-refractivity contribution is 5.55. The summed E-state index contributed by atoms with van der Waals surface area (Å²) in [6.45, 7) is 4.44. The lowest BCUT2D eigenvalue weighted by molar-refractivity contribution is 0.252. The van der Waals surface area contributed by atoms with E-state index >= 15 is 0 Å². The van der Waals surface area contributed by atoms with Gasteiger partial charge in [0.25, 0.3) is 0 Å². The van der Waals surface area contributed by atoms with Crippen LogP contribution in [0.3, 0.4) is 0 Å². The smallest absolute Gasteiger partial charge is 0.0414 e. The fourth-order valence-corrected chi connectivity index (χ4v) is 2.77. The van der Waals surface area contributed by atoms with E-state index in [1.807, 2.05) is 0 Å². The van der Waals surface area contributed by atoms with Crippen molar-refractivity contribution in [2.24, 2.45) is 5.73 Å². The van der Waals surface area contributed by atoms with Crippen molar-refractivity contribution >= 4 is 5.69 Å². The molecule has 0 radical (unpaired) electrons. The van der Waals surface area contributed by atoms with E-state index in [-0.39, 0.29) is 6.04 Å². The number of rotatable bonds is 3. The summed E-state index contributed by atoms with van der Waals surface area (Å²) in [6.07, 6.45) is 2.47. The van der Waals surface area contributed by atoms with Crippen molar-refractivity contribution in [3.05, 3.63) is 29.8 Å². The molecule has 18 heavy (non-hydrogen) atoms. The van der Waals surface area contributed by atoms with Gasteiger partial charge in [0.1, 0.15) is 0 Å². The van der Waals surface area contributed by atoms with Gasteiger partial charge in [-0.05, 0) is 51.5 Å². The third-order valence-electron chi connectivity index (χ3n) is 4.04. The Hall–Kier alpha value is -1.06. The molecule has 1 heterocycles. The lowest BCUT2D eigenvalue weighted by Crippen LogP contribution is -2.42. The van der Waals surface area contributed by atoms with Gasteiger partial charge in [0.2, 0.25) is 0 Å². The Kier molecular flexibility index (Phi) is 4.25. The van der Waals surface area contributed by atoms with Gasteiger partial charge in [-0.1, -0.05) is 18.2 Å². The predicted octanol–water partition coefficient (Wildman–Crippen LogP) is 2.24. The summed E-state index contributed by atoms with van der Waals surface area (Å²) in [5.41, 5.74) is 8.61. The maximum absolute atomic E-state index is 6.07. The third-order valence-corrected chi connectivity index (χ3v) is 4.04. The maximum Gasteiger partial charge on any atom is 0.0414 e. The molecule has 0 saturated carbocycles. The number of nitrogens with zero attached hydrogens (tertiary/aromatic N) is 2. The molecule has 0 unspecified atom stereocenters. The van der Waals surface area contributed by atoms with Gasteiger partial charge < -0.3 is 15.5 Å². The lowest BCUT2D eigenvalue weighted by Gasteiger charge is -2.37. The molecule has 3 heteroatoms. The molecule has 1 atom stereocenters. The van der Waals surface area contributed by atoms with E-state index in [1.54, 1.807) is 0 Å². The van der Waals surface area contributed by atoms with Crippen molar-refractivity contribution in [3.8, 4) is 0 Å². The van der Waals surface area contributed by atoms with Crippen molar-refractivity contribution in [2.75, 3.05) is 32.1 Å². The Morgan fingerprint density at radius 1 is 1.28 bits per heavy atom. The van der Waals surface area contributed by atoms with Crippen LogP contribution in [0.5, 0.6) is 0 Å². The Labute approximate surface area is 111 Å². The number of nitrogens with two attached hydrogens (primary N) is 1. The lowest BCUT2D eigenvalue weighted by atomic mass is 10.0. The molecule has 1 saturated heterocycles. The van der Waals surface area contributed by atoms with Crippen LogP contribution in [0, 0.1) is 0 Å². The standard InChI is InChI=1S/C15H25N3/c1-12(16)14-6-4-5-7-15(14)18(3)13-8-10-17(2)11-9-13/h4-7,12-13H,8-11,16H2,1-3H3/t12-/m1/s1. The Bertz CT molecular complexity index is 381. The number of hydrogen-bond acceptors (Lipinski definition) is 3. The summed E-state index contributed by atoms with van der Waals surface area (Å²) in [7, 11) is 4.41. The van der Waals surface area contributed by atoms with Gasteiger partial charge in [-0.25, -0.2) is 0 Å². The van der Waals surface area contributed by atoms with E-state index in [0.29, 0.717) is 6.04 Å². The Morgan fingerprint density at radius 3 is 2.50 bits per heavy atom. The average molecular weight is 247 g/mol. The van der Waals surface area contributed by atoms with Crippen LogP contribution in [0.25, 0.3) is 0 Å². The van der Waals surface area contributed by atoms with E-state index < -0.39 is 0 Å². The van der Waals surface area contributed by atoms with Gasteiger partial charge in [0.15, 0.2) is 0 Å². The number of piperidine rings is 1. The van der Waals surface area contributed by atoms with Crippen LogP contribution in [0.1, 0.15) is 31.4 Å². The molecule has 3 nitrogen and oxygen atoms in total. The number of hydrogen-bond donors (Lipinski definition) is 1. The minimum atomic E-state index is 0.0925. The first kappa shape index (κ1) is 13.4. The Balaban J connectivity index is 2.15. The molecule has 1 aromatic carbocycles. The number of anilines is 1. The topological polar surface area (TPSA) is 32.5 Å². The van der Waals surface area contributed by atoms with Crippen LogP contribution >= 0.6 is 0 Å². The number of para-hydroxylation sites is 1. The largest absolute Gasteiger partial charge is 0.371 e. The molecule has 0 bridgehead atoms. The zero-order valence-electron chi connectivity index (χ0n) is 11.8. The van der Waals surface area contributed by atoms with Crippen LogP contribution in [0.4, 0.5) is 5.69 Å². The average Bonchev–Trinajstić information content (AvgIpc) is 2.39. The predicted molar refractivity (Wildman–Crippen MR) is 78.0 cm³/mol. The first-order valence-electron chi connectivity index (χ1n) is 6.85. The van der Waals surface area contributed by atoms with Gasteiger partial charge in [0, 0.05) is 24.8 Å². The minimum absolute atomic E-state index is 0.0925. The van der Waals surface area contributed by atoms with E-state index in [2.05, 4.69) is 55.1 Å². The van der Waals surface area contributed by atoms with Crippen LogP contribution in [0.2, 0.25) is 0 Å². The molecule has 1 aromatic rings. The van der Waals surface area contributed by atoms with Crippen LogP contribution in [-0.4, -0.2) is 38.1 Å². The fourth-order valence-electron chi connectivity index (χ4n) is 2.77. The first-order valence-corrected chi connectivity index (χ1v) is 6.85. The molecule has 2 rings (SSSR count). The van der Waals surface area contributed by atoms with E-state index in [0.717, 1.165) is 0 Å². The summed E-state index contributed by atoms with van der Waals surface area (Å²) in [4.78, 5) is 4.83. The normalized spacial score (nSPS) is 19.8. The highest BCUT2D eigenvalue weighted by Crippen LogP contribution is 2.28. The van der Waals surface area contributed by atoms with Crippen molar-refractivity contribution < 1.29 is 0 Å². The molecule has 100 valence electrons. The fraction of sp³-hybridized carbons (Fsp3) is 0.600. The van der Waals surface area contributed by atoms with Crippen LogP contribution in [-0.2, 0) is 0 Å². The van der Waals surface area contributed by atoms with Crippen molar-refractivity contribution in [1.29, 1.82) is 0 Å². The quantitative estimate of drug-likeness (QED) is 0.889.